The van der Waals surface area contributed by atoms with E-state index >= 15 is 0 Å². The van der Waals surface area contributed by atoms with Crippen molar-refractivity contribution in [2.45, 2.75) is 13.8 Å². The Morgan fingerprint density at radius 3 is 2.39 bits per heavy atom. The molecule has 0 bridgehead atoms. The van der Waals surface area contributed by atoms with Gasteiger partial charge in [-0.25, -0.2) is 0 Å². The van der Waals surface area contributed by atoms with Crippen LogP contribution in [0.5, 0.6) is 5.75 Å². The van der Waals surface area contributed by atoms with Crippen molar-refractivity contribution in [3.05, 3.63) is 53.6 Å². The number of methoxy groups -OCH3 is 1. The number of fused-ring (bicyclic) bond motifs is 3. The van der Waals surface area contributed by atoms with Gasteiger partial charge < -0.3 is 4.74 Å². The first kappa shape index (κ1) is 11.1. The van der Waals surface area contributed by atoms with Crippen LogP contribution in [0.3, 0.4) is 0 Å². The molecule has 0 fully saturated rings. The van der Waals surface area contributed by atoms with Crippen molar-refractivity contribution in [1.82, 2.24) is 0 Å². The molecule has 0 aliphatic rings. The molecule has 18 heavy (non-hydrogen) atoms. The SMILES string of the molecule is COc1cc(C)cc2ccc3cccc(C)c3c12. The summed E-state index contributed by atoms with van der Waals surface area (Å²) in [5.74, 6) is 0.963. The minimum Gasteiger partial charge on any atom is -0.496 e. The highest BCUT2D eigenvalue weighted by Gasteiger charge is 2.08. The van der Waals surface area contributed by atoms with Gasteiger partial charge in [-0.1, -0.05) is 36.4 Å². The zero-order valence-electron chi connectivity index (χ0n) is 10.9. The molecule has 0 heterocycles. The Bertz CT molecular complexity index is 741. The first-order valence-corrected chi connectivity index (χ1v) is 6.17. The lowest BCUT2D eigenvalue weighted by molar-refractivity contribution is 0.420. The summed E-state index contributed by atoms with van der Waals surface area (Å²) in [4.78, 5) is 0. The second-order valence-electron chi connectivity index (χ2n) is 4.80. The summed E-state index contributed by atoms with van der Waals surface area (Å²) in [7, 11) is 1.74. The van der Waals surface area contributed by atoms with Crippen molar-refractivity contribution >= 4 is 21.5 Å². The second kappa shape index (κ2) is 4.02. The minimum absolute atomic E-state index is 0.963. The maximum atomic E-state index is 5.57. The average molecular weight is 236 g/mol. The summed E-state index contributed by atoms with van der Waals surface area (Å²) in [5.41, 5.74) is 2.52. The van der Waals surface area contributed by atoms with E-state index in [2.05, 4.69) is 56.3 Å². The van der Waals surface area contributed by atoms with Gasteiger partial charge in [0.15, 0.2) is 0 Å². The second-order valence-corrected chi connectivity index (χ2v) is 4.80. The molecule has 0 radical (unpaired) electrons. The number of hydrogen-bond donors (Lipinski definition) is 0. The van der Waals surface area contributed by atoms with Crippen LogP contribution in [0.25, 0.3) is 21.5 Å². The van der Waals surface area contributed by atoms with E-state index in [1.807, 2.05) is 0 Å². The van der Waals surface area contributed by atoms with Crippen LogP contribution in [0.1, 0.15) is 11.1 Å². The summed E-state index contributed by atoms with van der Waals surface area (Å²) in [6.45, 7) is 4.26. The highest BCUT2D eigenvalue weighted by Crippen LogP contribution is 2.35. The third-order valence-corrected chi connectivity index (χ3v) is 3.49. The van der Waals surface area contributed by atoms with Crippen LogP contribution in [0.4, 0.5) is 0 Å². The molecular formula is C17H16O. The van der Waals surface area contributed by atoms with Crippen molar-refractivity contribution in [3.8, 4) is 5.75 Å². The largest absolute Gasteiger partial charge is 0.496 e. The van der Waals surface area contributed by atoms with Gasteiger partial charge in [0.2, 0.25) is 0 Å². The van der Waals surface area contributed by atoms with Gasteiger partial charge in [0.1, 0.15) is 5.75 Å². The van der Waals surface area contributed by atoms with Gasteiger partial charge >= 0.3 is 0 Å². The molecule has 0 aromatic heterocycles. The molecule has 1 nitrogen and oxygen atoms in total. The van der Waals surface area contributed by atoms with Crippen LogP contribution in [0.2, 0.25) is 0 Å². The number of rotatable bonds is 1. The van der Waals surface area contributed by atoms with Gasteiger partial charge in [0.25, 0.3) is 0 Å². The predicted octanol–water partition coefficient (Wildman–Crippen LogP) is 4.62. The fraction of sp³-hybridized carbons (Fsp3) is 0.176. The van der Waals surface area contributed by atoms with Gasteiger partial charge in [-0.2, -0.15) is 0 Å². The van der Waals surface area contributed by atoms with Crippen LogP contribution >= 0.6 is 0 Å². The molecule has 90 valence electrons. The standard InChI is InChI=1S/C17H16O/c1-11-9-14-8-7-13-6-4-5-12(2)16(13)17(14)15(10-11)18-3/h4-10H,1-3H3. The lowest BCUT2D eigenvalue weighted by atomic mass is 9.96. The molecule has 0 N–H and O–H groups in total. The van der Waals surface area contributed by atoms with E-state index in [1.165, 1.54) is 32.7 Å². The Labute approximate surface area is 107 Å². The van der Waals surface area contributed by atoms with E-state index in [0.29, 0.717) is 0 Å². The maximum absolute atomic E-state index is 5.57. The smallest absolute Gasteiger partial charge is 0.127 e. The fourth-order valence-electron chi connectivity index (χ4n) is 2.69. The van der Waals surface area contributed by atoms with E-state index in [0.717, 1.165) is 5.75 Å². The Morgan fingerprint density at radius 1 is 0.833 bits per heavy atom. The van der Waals surface area contributed by atoms with Gasteiger partial charge in [-0.15, -0.1) is 0 Å². The first-order chi connectivity index (χ1) is 8.70. The van der Waals surface area contributed by atoms with E-state index in [1.54, 1.807) is 7.11 Å². The molecule has 3 rings (SSSR count). The fourth-order valence-corrected chi connectivity index (χ4v) is 2.69. The average Bonchev–Trinajstić information content (AvgIpc) is 2.37. The molecule has 0 saturated heterocycles. The van der Waals surface area contributed by atoms with Crippen molar-refractivity contribution in [2.24, 2.45) is 0 Å². The monoisotopic (exact) mass is 236 g/mol. The van der Waals surface area contributed by atoms with Gasteiger partial charge in [-0.3, -0.25) is 0 Å². The van der Waals surface area contributed by atoms with E-state index in [4.69, 9.17) is 4.74 Å². The summed E-state index contributed by atoms with van der Waals surface area (Å²) in [6, 6.07) is 15.1. The minimum atomic E-state index is 0.963. The zero-order valence-corrected chi connectivity index (χ0v) is 10.9. The molecule has 0 amide bonds. The molecule has 0 aliphatic heterocycles. The normalized spacial score (nSPS) is 11.1. The lowest BCUT2D eigenvalue weighted by Crippen LogP contribution is -1.89. The highest BCUT2D eigenvalue weighted by atomic mass is 16.5. The van der Waals surface area contributed by atoms with Crippen molar-refractivity contribution < 1.29 is 4.74 Å². The number of benzene rings is 3. The molecule has 1 heteroatoms. The van der Waals surface area contributed by atoms with Crippen molar-refractivity contribution in [2.75, 3.05) is 7.11 Å². The van der Waals surface area contributed by atoms with E-state index < -0.39 is 0 Å². The van der Waals surface area contributed by atoms with Crippen LogP contribution in [-0.4, -0.2) is 7.11 Å². The quantitative estimate of drug-likeness (QED) is 0.560. The Morgan fingerprint density at radius 2 is 1.61 bits per heavy atom. The Hall–Kier alpha value is -2.02. The van der Waals surface area contributed by atoms with E-state index in [9.17, 15) is 0 Å². The third-order valence-electron chi connectivity index (χ3n) is 3.49. The maximum Gasteiger partial charge on any atom is 0.127 e. The lowest BCUT2D eigenvalue weighted by Gasteiger charge is -2.12. The summed E-state index contributed by atoms with van der Waals surface area (Å²) in [5, 5.41) is 5.03. The van der Waals surface area contributed by atoms with E-state index in [-0.39, 0.29) is 0 Å². The van der Waals surface area contributed by atoms with Crippen molar-refractivity contribution in [1.29, 1.82) is 0 Å². The highest BCUT2D eigenvalue weighted by molar-refractivity contribution is 6.12. The summed E-state index contributed by atoms with van der Waals surface area (Å²) >= 11 is 0. The molecule has 0 unspecified atom stereocenters. The molecule has 0 aliphatic carbocycles. The first-order valence-electron chi connectivity index (χ1n) is 6.17. The Kier molecular flexibility index (Phi) is 2.48. The van der Waals surface area contributed by atoms with Gasteiger partial charge in [0.05, 0.1) is 7.11 Å². The molecule has 3 aromatic carbocycles. The molecule has 3 aromatic rings. The predicted molar refractivity (Wildman–Crippen MR) is 77.5 cm³/mol. The molecule has 0 saturated carbocycles. The molecule has 0 spiro atoms. The molecular weight excluding hydrogens is 220 g/mol. The zero-order chi connectivity index (χ0) is 12.7. The number of ether oxygens (including phenoxy) is 1. The van der Waals surface area contributed by atoms with Crippen LogP contribution in [0, 0.1) is 13.8 Å². The summed E-state index contributed by atoms with van der Waals surface area (Å²) in [6.07, 6.45) is 0. The van der Waals surface area contributed by atoms with Gasteiger partial charge in [0, 0.05) is 5.39 Å². The third kappa shape index (κ3) is 1.55. The van der Waals surface area contributed by atoms with Crippen LogP contribution in [-0.2, 0) is 0 Å². The number of aryl methyl sites for hydroxylation is 2. The Balaban J connectivity index is 2.60. The van der Waals surface area contributed by atoms with Crippen molar-refractivity contribution in [3.63, 3.8) is 0 Å². The topological polar surface area (TPSA) is 9.23 Å². The van der Waals surface area contributed by atoms with Gasteiger partial charge in [-0.05, 0) is 47.2 Å². The van der Waals surface area contributed by atoms with Crippen LogP contribution < -0.4 is 4.74 Å². The van der Waals surface area contributed by atoms with Crippen LogP contribution in [0.15, 0.2) is 42.5 Å². The molecule has 0 atom stereocenters. The number of hydrogen-bond acceptors (Lipinski definition) is 1. The summed E-state index contributed by atoms with van der Waals surface area (Å²) < 4.78 is 5.57.